The van der Waals surface area contributed by atoms with E-state index in [9.17, 15) is 0 Å². The Bertz CT molecular complexity index is 23.3. The molecule has 0 spiro atoms. The molecule has 0 aliphatic carbocycles. The standard InChI is InChI=1S/C4H8N.BrH.Mg/c1-2-4-5-3-1;;/h1-4H2;1H;/q-1;;+2/p-1. The van der Waals surface area contributed by atoms with Gasteiger partial charge in [-0.15, -0.1) is 13.1 Å². The molecule has 0 N–H and O–H groups in total. The number of hydrogen-bond acceptors (Lipinski definition) is 0. The van der Waals surface area contributed by atoms with Crippen LogP contribution in [0.1, 0.15) is 12.8 Å². The van der Waals surface area contributed by atoms with Gasteiger partial charge in [-0.25, -0.2) is 0 Å². The largest absolute Gasteiger partial charge is 2.00 e. The molecule has 0 aromatic rings. The minimum atomic E-state index is 0. The summed E-state index contributed by atoms with van der Waals surface area (Å²) in [5, 5.41) is 4.08. The van der Waals surface area contributed by atoms with Crippen molar-refractivity contribution < 1.29 is 17.0 Å². The second-order valence-electron chi connectivity index (χ2n) is 1.38. The van der Waals surface area contributed by atoms with Crippen LogP contribution < -0.4 is 17.0 Å². The van der Waals surface area contributed by atoms with Gasteiger partial charge in [0.05, 0.1) is 0 Å². The number of nitrogens with zero attached hydrogens (tertiary/aromatic N) is 1. The summed E-state index contributed by atoms with van der Waals surface area (Å²) in [5.74, 6) is 0. The molecule has 7 heavy (non-hydrogen) atoms. The van der Waals surface area contributed by atoms with Gasteiger partial charge >= 0.3 is 23.1 Å². The van der Waals surface area contributed by atoms with Crippen molar-refractivity contribution in [2.75, 3.05) is 13.1 Å². The van der Waals surface area contributed by atoms with Gasteiger partial charge in [0, 0.05) is 0 Å². The first kappa shape index (κ1) is 11.1. The molecule has 38 valence electrons. The quantitative estimate of drug-likeness (QED) is 0.369. The van der Waals surface area contributed by atoms with Crippen LogP contribution in [0.3, 0.4) is 0 Å². The normalized spacial score (nSPS) is 17.1. The van der Waals surface area contributed by atoms with E-state index in [-0.39, 0.29) is 40.0 Å². The van der Waals surface area contributed by atoms with Gasteiger partial charge in [-0.3, -0.25) is 0 Å². The molecule has 1 fully saturated rings. The smallest absolute Gasteiger partial charge is 1.00 e. The molecular weight excluding hydrogens is 166 g/mol. The molecule has 0 bridgehead atoms. The topological polar surface area (TPSA) is 14.1 Å². The Hall–Kier alpha value is 1.21. The molecule has 0 saturated carbocycles. The monoisotopic (exact) mass is 173 g/mol. The Labute approximate surface area is 71.2 Å². The van der Waals surface area contributed by atoms with Crippen LogP contribution in [0.4, 0.5) is 0 Å². The third kappa shape index (κ3) is 5.07. The maximum absolute atomic E-state index is 4.08. The van der Waals surface area contributed by atoms with Crippen molar-refractivity contribution in [1.29, 1.82) is 0 Å². The number of halogens is 1. The molecule has 0 amide bonds. The van der Waals surface area contributed by atoms with Gasteiger partial charge in [0.1, 0.15) is 0 Å². The maximum Gasteiger partial charge on any atom is 2.00 e. The molecule has 0 radical (unpaired) electrons. The average molecular weight is 174 g/mol. The minimum Gasteiger partial charge on any atom is -1.00 e. The molecule has 0 aromatic heterocycles. The van der Waals surface area contributed by atoms with Gasteiger partial charge in [-0.2, -0.15) is 0 Å². The van der Waals surface area contributed by atoms with E-state index >= 15 is 0 Å². The van der Waals surface area contributed by atoms with E-state index in [1.54, 1.807) is 0 Å². The molecule has 1 nitrogen and oxygen atoms in total. The minimum absolute atomic E-state index is 0. The van der Waals surface area contributed by atoms with Crippen molar-refractivity contribution in [2.24, 2.45) is 0 Å². The van der Waals surface area contributed by atoms with Crippen molar-refractivity contribution in [1.82, 2.24) is 0 Å². The van der Waals surface area contributed by atoms with Crippen LogP contribution in [0, 0.1) is 0 Å². The fourth-order valence-corrected chi connectivity index (χ4v) is 0.559. The van der Waals surface area contributed by atoms with Crippen molar-refractivity contribution in [2.45, 2.75) is 12.8 Å². The molecule has 3 heteroatoms. The summed E-state index contributed by atoms with van der Waals surface area (Å²) in [5.41, 5.74) is 0. The molecule has 1 heterocycles. The summed E-state index contributed by atoms with van der Waals surface area (Å²) in [6.45, 7) is 2.25. The molecule has 1 saturated heterocycles. The molecule has 1 aliphatic rings. The van der Waals surface area contributed by atoms with Crippen LogP contribution in [-0.2, 0) is 0 Å². The van der Waals surface area contributed by atoms with E-state index < -0.39 is 0 Å². The van der Waals surface area contributed by atoms with Crippen LogP contribution in [0.15, 0.2) is 0 Å². The molecule has 0 unspecified atom stereocenters. The van der Waals surface area contributed by atoms with Gasteiger partial charge in [0.2, 0.25) is 0 Å². The van der Waals surface area contributed by atoms with E-state index in [1.165, 1.54) is 12.8 Å². The van der Waals surface area contributed by atoms with Gasteiger partial charge < -0.3 is 22.3 Å². The van der Waals surface area contributed by atoms with Gasteiger partial charge in [-0.05, 0) is 0 Å². The Morgan fingerprint density at radius 3 is 1.57 bits per heavy atom. The number of hydrogen-bond donors (Lipinski definition) is 0. The molecule has 0 aromatic carbocycles. The first-order valence-corrected chi connectivity index (χ1v) is 2.13. The predicted octanol–water partition coefficient (Wildman–Crippen LogP) is -2.22. The average Bonchev–Trinajstić information content (AvgIpc) is 1.76. The summed E-state index contributed by atoms with van der Waals surface area (Å²) < 4.78 is 0. The molecule has 1 aliphatic heterocycles. The van der Waals surface area contributed by atoms with E-state index in [2.05, 4.69) is 5.32 Å². The molecule has 0 atom stereocenters. The third-order valence-corrected chi connectivity index (χ3v) is 0.882. The van der Waals surface area contributed by atoms with Gasteiger partial charge in [0.25, 0.3) is 0 Å². The first-order chi connectivity index (χ1) is 2.50. The Balaban J connectivity index is 0. The fourth-order valence-electron chi connectivity index (χ4n) is 0.559. The van der Waals surface area contributed by atoms with Crippen molar-refractivity contribution in [3.8, 4) is 0 Å². The van der Waals surface area contributed by atoms with Crippen LogP contribution in [0.25, 0.3) is 5.32 Å². The van der Waals surface area contributed by atoms with E-state index in [0.29, 0.717) is 0 Å². The third-order valence-electron chi connectivity index (χ3n) is 0.882. The van der Waals surface area contributed by atoms with E-state index in [0.717, 1.165) is 13.1 Å². The summed E-state index contributed by atoms with van der Waals surface area (Å²) in [6, 6.07) is 0. The second-order valence-corrected chi connectivity index (χ2v) is 1.38. The van der Waals surface area contributed by atoms with Crippen molar-refractivity contribution >= 4 is 23.1 Å². The Morgan fingerprint density at radius 1 is 1.00 bits per heavy atom. The zero-order valence-electron chi connectivity index (χ0n) is 4.36. The van der Waals surface area contributed by atoms with Crippen molar-refractivity contribution in [3.05, 3.63) is 5.32 Å². The summed E-state index contributed by atoms with van der Waals surface area (Å²) in [7, 11) is 0. The van der Waals surface area contributed by atoms with E-state index in [1.807, 2.05) is 0 Å². The second kappa shape index (κ2) is 7.21. The summed E-state index contributed by atoms with van der Waals surface area (Å²) in [6.07, 6.45) is 2.67. The SMILES string of the molecule is C1CC[N-]C1.[Br-].[Mg+2]. The van der Waals surface area contributed by atoms with Crippen LogP contribution in [-0.4, -0.2) is 36.1 Å². The van der Waals surface area contributed by atoms with E-state index in [4.69, 9.17) is 0 Å². The summed E-state index contributed by atoms with van der Waals surface area (Å²) in [4.78, 5) is 0. The van der Waals surface area contributed by atoms with Gasteiger partial charge in [-0.1, -0.05) is 12.8 Å². The maximum atomic E-state index is 4.08. The number of rotatable bonds is 0. The summed E-state index contributed by atoms with van der Waals surface area (Å²) >= 11 is 0. The molecular formula is C4H8BrMgN. The molecule has 1 rings (SSSR count). The first-order valence-electron chi connectivity index (χ1n) is 2.13. The zero-order chi connectivity index (χ0) is 3.54. The van der Waals surface area contributed by atoms with Gasteiger partial charge in [0.15, 0.2) is 0 Å². The predicted molar refractivity (Wildman–Crippen MR) is 28.1 cm³/mol. The Kier molecular flexibility index (Phi) is 11.4. The Morgan fingerprint density at radius 2 is 1.43 bits per heavy atom. The van der Waals surface area contributed by atoms with Crippen LogP contribution in [0.2, 0.25) is 0 Å². The van der Waals surface area contributed by atoms with Crippen LogP contribution in [0.5, 0.6) is 0 Å². The fraction of sp³-hybridized carbons (Fsp3) is 1.00. The van der Waals surface area contributed by atoms with Crippen molar-refractivity contribution in [3.63, 3.8) is 0 Å². The zero-order valence-corrected chi connectivity index (χ0v) is 7.36. The van der Waals surface area contributed by atoms with Crippen LogP contribution >= 0.6 is 0 Å².